The molecule has 0 bridgehead atoms. The molecular formula is C19H25F2N3O4. The van der Waals surface area contributed by atoms with Crippen molar-refractivity contribution in [3.8, 4) is 11.5 Å². The van der Waals surface area contributed by atoms with E-state index in [1.165, 1.54) is 19.2 Å². The highest BCUT2D eigenvalue weighted by Crippen LogP contribution is 2.32. The van der Waals surface area contributed by atoms with Crippen LogP contribution >= 0.6 is 0 Å². The Hall–Kier alpha value is -2.58. The van der Waals surface area contributed by atoms with Gasteiger partial charge in [-0.2, -0.15) is 8.78 Å². The van der Waals surface area contributed by atoms with Crippen molar-refractivity contribution in [1.29, 1.82) is 0 Å². The maximum absolute atomic E-state index is 12.7. The summed E-state index contributed by atoms with van der Waals surface area (Å²) >= 11 is 0. The monoisotopic (exact) mass is 397 g/mol. The summed E-state index contributed by atoms with van der Waals surface area (Å²) in [4.78, 5) is 28.8. The number of methoxy groups -OCH3 is 1. The van der Waals surface area contributed by atoms with Gasteiger partial charge in [0, 0.05) is 37.9 Å². The zero-order chi connectivity index (χ0) is 20.1. The second-order valence-electron chi connectivity index (χ2n) is 7.00. The van der Waals surface area contributed by atoms with Crippen LogP contribution in [0.3, 0.4) is 0 Å². The van der Waals surface area contributed by atoms with E-state index in [-0.39, 0.29) is 29.4 Å². The summed E-state index contributed by atoms with van der Waals surface area (Å²) in [5, 5.41) is 2.73. The Morgan fingerprint density at radius 1 is 1.11 bits per heavy atom. The van der Waals surface area contributed by atoms with Crippen molar-refractivity contribution >= 4 is 17.6 Å². The van der Waals surface area contributed by atoms with Crippen molar-refractivity contribution in [2.24, 2.45) is 5.92 Å². The Balaban J connectivity index is 1.63. The van der Waals surface area contributed by atoms with Gasteiger partial charge in [0.15, 0.2) is 11.5 Å². The van der Waals surface area contributed by atoms with Gasteiger partial charge in [0.25, 0.3) is 0 Å². The number of halogens is 2. The minimum atomic E-state index is -3.00. The molecule has 0 aromatic heterocycles. The fraction of sp³-hybridized carbons (Fsp3) is 0.579. The topological polar surface area (TPSA) is 71.1 Å². The molecule has 2 aliphatic heterocycles. The van der Waals surface area contributed by atoms with E-state index in [0.717, 1.165) is 32.4 Å². The van der Waals surface area contributed by atoms with Gasteiger partial charge in [-0.3, -0.25) is 4.79 Å². The first kappa shape index (κ1) is 20.2. The van der Waals surface area contributed by atoms with E-state index >= 15 is 0 Å². The van der Waals surface area contributed by atoms with E-state index in [1.807, 2.05) is 4.90 Å². The van der Waals surface area contributed by atoms with Crippen LogP contribution < -0.4 is 14.8 Å². The zero-order valence-electron chi connectivity index (χ0n) is 15.8. The predicted molar refractivity (Wildman–Crippen MR) is 98.8 cm³/mol. The zero-order valence-corrected chi connectivity index (χ0v) is 15.8. The van der Waals surface area contributed by atoms with Crippen LogP contribution in [0, 0.1) is 5.92 Å². The van der Waals surface area contributed by atoms with Gasteiger partial charge in [0.05, 0.1) is 13.0 Å². The number of ether oxygens (including phenoxy) is 2. The van der Waals surface area contributed by atoms with Crippen molar-refractivity contribution in [3.05, 3.63) is 18.2 Å². The number of nitrogens with one attached hydrogen (secondary N) is 1. The van der Waals surface area contributed by atoms with Crippen LogP contribution in [0.4, 0.5) is 19.3 Å². The van der Waals surface area contributed by atoms with Gasteiger partial charge >= 0.3 is 12.6 Å². The minimum Gasteiger partial charge on any atom is -0.493 e. The molecule has 3 amide bonds. The molecule has 1 atom stereocenters. The van der Waals surface area contributed by atoms with Crippen molar-refractivity contribution in [1.82, 2.24) is 9.80 Å². The van der Waals surface area contributed by atoms with Gasteiger partial charge in [-0.05, 0) is 37.8 Å². The first-order valence-electron chi connectivity index (χ1n) is 9.45. The lowest BCUT2D eigenvalue weighted by atomic mass is 9.97. The third kappa shape index (κ3) is 4.82. The smallest absolute Gasteiger partial charge is 0.387 e. The van der Waals surface area contributed by atoms with E-state index in [1.54, 1.807) is 11.0 Å². The molecule has 0 unspecified atom stereocenters. The maximum atomic E-state index is 12.7. The molecule has 7 nitrogen and oxygen atoms in total. The lowest BCUT2D eigenvalue weighted by Crippen LogP contribution is -2.48. The summed E-state index contributed by atoms with van der Waals surface area (Å²) in [6, 6.07) is 4.31. The second kappa shape index (κ2) is 9.07. The molecule has 9 heteroatoms. The second-order valence-corrected chi connectivity index (χ2v) is 7.00. The summed E-state index contributed by atoms with van der Waals surface area (Å²) in [5.41, 5.74) is 0.337. The molecule has 3 rings (SSSR count). The summed E-state index contributed by atoms with van der Waals surface area (Å²) in [5.74, 6) is -0.586. The summed E-state index contributed by atoms with van der Waals surface area (Å²) in [6.45, 7) is -0.454. The Morgan fingerprint density at radius 3 is 2.50 bits per heavy atom. The Kier molecular flexibility index (Phi) is 6.53. The lowest BCUT2D eigenvalue weighted by Gasteiger charge is -2.34. The van der Waals surface area contributed by atoms with Crippen LogP contribution in [0.25, 0.3) is 0 Å². The number of anilines is 1. The quantitative estimate of drug-likeness (QED) is 0.829. The number of hydrogen-bond donors (Lipinski definition) is 1. The summed E-state index contributed by atoms with van der Waals surface area (Å²) in [6.07, 6.45) is 3.46. The molecule has 2 aliphatic rings. The summed E-state index contributed by atoms with van der Waals surface area (Å²) in [7, 11) is 1.35. The number of piperidine rings is 1. The Labute approximate surface area is 162 Å². The number of hydrogen-bond acceptors (Lipinski definition) is 4. The van der Waals surface area contributed by atoms with Crippen LogP contribution in [0.2, 0.25) is 0 Å². The predicted octanol–water partition coefficient (Wildman–Crippen LogP) is 3.16. The standard InChI is InChI=1S/C19H25F2N3O4/c1-27-15-7-6-14(11-16(15)28-18(20)21)22-17(25)13-5-4-10-24(12-13)19(26)23-8-2-3-9-23/h6-7,11,13,18H,2-5,8-10,12H2,1H3,(H,22,25)/t13-/m0/s1. The third-order valence-electron chi connectivity index (χ3n) is 5.09. The van der Waals surface area contributed by atoms with Crippen molar-refractivity contribution < 1.29 is 27.8 Å². The molecule has 28 heavy (non-hydrogen) atoms. The SMILES string of the molecule is COc1ccc(NC(=O)[C@H]2CCCN(C(=O)N3CCCC3)C2)cc1OC(F)F. The summed E-state index contributed by atoms with van der Waals surface area (Å²) < 4.78 is 34.6. The molecular weight excluding hydrogens is 372 g/mol. The van der Waals surface area contributed by atoms with Gasteiger partial charge in [0.2, 0.25) is 5.91 Å². The van der Waals surface area contributed by atoms with E-state index in [2.05, 4.69) is 10.1 Å². The van der Waals surface area contributed by atoms with Gasteiger partial charge in [-0.25, -0.2) is 4.79 Å². The van der Waals surface area contributed by atoms with E-state index in [4.69, 9.17) is 4.74 Å². The molecule has 154 valence electrons. The van der Waals surface area contributed by atoms with Crippen LogP contribution in [-0.4, -0.2) is 61.6 Å². The average molecular weight is 397 g/mol. The first-order chi connectivity index (χ1) is 13.5. The molecule has 0 aliphatic carbocycles. The van der Waals surface area contributed by atoms with Crippen LogP contribution in [0.5, 0.6) is 11.5 Å². The van der Waals surface area contributed by atoms with Gasteiger partial charge < -0.3 is 24.6 Å². The highest BCUT2D eigenvalue weighted by Gasteiger charge is 2.31. The number of alkyl halides is 2. The molecule has 1 aromatic rings. The Morgan fingerprint density at radius 2 is 1.82 bits per heavy atom. The highest BCUT2D eigenvalue weighted by atomic mass is 19.3. The van der Waals surface area contributed by atoms with Crippen LogP contribution in [-0.2, 0) is 4.79 Å². The highest BCUT2D eigenvalue weighted by molar-refractivity contribution is 5.93. The average Bonchev–Trinajstić information content (AvgIpc) is 3.22. The molecule has 2 saturated heterocycles. The first-order valence-corrected chi connectivity index (χ1v) is 9.45. The Bertz CT molecular complexity index is 710. The van der Waals surface area contributed by atoms with Gasteiger partial charge in [0.1, 0.15) is 0 Å². The number of likely N-dealkylation sites (tertiary alicyclic amines) is 2. The van der Waals surface area contributed by atoms with Crippen molar-refractivity contribution in [2.75, 3.05) is 38.6 Å². The van der Waals surface area contributed by atoms with E-state index in [0.29, 0.717) is 25.2 Å². The van der Waals surface area contributed by atoms with E-state index < -0.39 is 6.61 Å². The largest absolute Gasteiger partial charge is 0.493 e. The number of benzene rings is 1. The van der Waals surface area contributed by atoms with Crippen LogP contribution in [0.15, 0.2) is 18.2 Å². The van der Waals surface area contributed by atoms with Crippen molar-refractivity contribution in [3.63, 3.8) is 0 Å². The minimum absolute atomic E-state index is 0.00735. The van der Waals surface area contributed by atoms with Crippen molar-refractivity contribution in [2.45, 2.75) is 32.3 Å². The van der Waals surface area contributed by atoms with E-state index in [9.17, 15) is 18.4 Å². The number of carbonyl (C=O) groups excluding carboxylic acids is 2. The van der Waals surface area contributed by atoms with Gasteiger partial charge in [-0.15, -0.1) is 0 Å². The van der Waals surface area contributed by atoms with Crippen LogP contribution in [0.1, 0.15) is 25.7 Å². The molecule has 1 N–H and O–H groups in total. The fourth-order valence-corrected chi connectivity index (χ4v) is 3.66. The number of urea groups is 1. The lowest BCUT2D eigenvalue weighted by molar-refractivity contribution is -0.121. The molecule has 2 heterocycles. The number of rotatable bonds is 5. The fourth-order valence-electron chi connectivity index (χ4n) is 3.66. The number of nitrogens with zero attached hydrogens (tertiary/aromatic N) is 2. The number of carbonyl (C=O) groups is 2. The normalized spacial score (nSPS) is 19.6. The number of amides is 3. The molecule has 0 saturated carbocycles. The third-order valence-corrected chi connectivity index (χ3v) is 5.09. The van der Waals surface area contributed by atoms with Gasteiger partial charge in [-0.1, -0.05) is 0 Å². The molecule has 2 fully saturated rings. The molecule has 0 radical (unpaired) electrons. The maximum Gasteiger partial charge on any atom is 0.387 e. The molecule has 1 aromatic carbocycles. The molecule has 0 spiro atoms.